The minimum absolute atomic E-state index is 0.0850. The molecule has 0 bridgehead atoms. The van der Waals surface area contributed by atoms with E-state index in [2.05, 4.69) is 0 Å². The Hall–Kier alpha value is -2.81. The molecule has 20 heavy (non-hydrogen) atoms. The first kappa shape index (κ1) is 13.6. The van der Waals surface area contributed by atoms with Crippen molar-refractivity contribution in [2.24, 2.45) is 0 Å². The van der Waals surface area contributed by atoms with Gasteiger partial charge in [-0.2, -0.15) is 5.26 Å². The quantitative estimate of drug-likeness (QED) is 0.874. The molecule has 0 saturated carbocycles. The minimum atomic E-state index is -0.743. The molecule has 0 heterocycles. The van der Waals surface area contributed by atoms with Crippen LogP contribution in [0, 0.1) is 23.0 Å². The maximum atomic E-state index is 13.8. The Morgan fingerprint density at radius 2 is 1.85 bits per heavy atom. The zero-order valence-corrected chi connectivity index (χ0v) is 10.5. The molecule has 0 atom stereocenters. The van der Waals surface area contributed by atoms with Gasteiger partial charge in [0.15, 0.2) is 11.6 Å². The highest BCUT2D eigenvalue weighted by molar-refractivity contribution is 5.57. The summed E-state index contributed by atoms with van der Waals surface area (Å²) in [4.78, 5) is 0. The van der Waals surface area contributed by atoms with Gasteiger partial charge < -0.3 is 15.2 Å². The standard InChI is InChI=1S/C14H10F2N2O2/c1-19-14-6-13(10(16)5-11(14)18)20-12-4-2-3-9(15)8(12)7-17/h2-6H,18H2,1H3. The molecule has 0 radical (unpaired) electrons. The average molecular weight is 276 g/mol. The predicted octanol–water partition coefficient (Wildman–Crippen LogP) is 3.22. The summed E-state index contributed by atoms with van der Waals surface area (Å²) in [6.45, 7) is 0. The van der Waals surface area contributed by atoms with Crippen molar-refractivity contribution in [1.29, 1.82) is 5.26 Å². The second-order valence-electron chi connectivity index (χ2n) is 3.85. The van der Waals surface area contributed by atoms with Gasteiger partial charge in [0.1, 0.15) is 28.9 Å². The van der Waals surface area contributed by atoms with Crippen LogP contribution in [-0.2, 0) is 0 Å². The van der Waals surface area contributed by atoms with E-state index in [0.717, 1.165) is 12.1 Å². The van der Waals surface area contributed by atoms with Crippen LogP contribution in [-0.4, -0.2) is 7.11 Å². The molecule has 4 nitrogen and oxygen atoms in total. The number of nitrogens with two attached hydrogens (primary N) is 1. The van der Waals surface area contributed by atoms with Crippen LogP contribution in [0.25, 0.3) is 0 Å². The van der Waals surface area contributed by atoms with E-state index in [1.165, 1.54) is 25.3 Å². The first-order valence-electron chi connectivity index (χ1n) is 5.56. The van der Waals surface area contributed by atoms with Gasteiger partial charge in [0.25, 0.3) is 0 Å². The van der Waals surface area contributed by atoms with Crippen molar-refractivity contribution < 1.29 is 18.3 Å². The van der Waals surface area contributed by atoms with E-state index in [-0.39, 0.29) is 28.5 Å². The summed E-state index contributed by atoms with van der Waals surface area (Å²) in [7, 11) is 1.37. The van der Waals surface area contributed by atoms with Crippen molar-refractivity contribution in [3.63, 3.8) is 0 Å². The third-order valence-electron chi connectivity index (χ3n) is 2.59. The monoisotopic (exact) mass is 276 g/mol. The lowest BCUT2D eigenvalue weighted by molar-refractivity contribution is 0.402. The van der Waals surface area contributed by atoms with E-state index < -0.39 is 11.6 Å². The maximum Gasteiger partial charge on any atom is 0.168 e. The Kier molecular flexibility index (Phi) is 3.71. The van der Waals surface area contributed by atoms with E-state index in [9.17, 15) is 8.78 Å². The molecular weight excluding hydrogens is 266 g/mol. The largest absolute Gasteiger partial charge is 0.494 e. The molecule has 102 valence electrons. The van der Waals surface area contributed by atoms with Gasteiger partial charge in [0, 0.05) is 12.1 Å². The van der Waals surface area contributed by atoms with Crippen LogP contribution in [0.2, 0.25) is 0 Å². The van der Waals surface area contributed by atoms with Crippen LogP contribution in [0.1, 0.15) is 5.56 Å². The molecule has 0 aliphatic carbocycles. The SMILES string of the molecule is COc1cc(Oc2cccc(F)c2C#N)c(F)cc1N. The molecule has 2 aromatic carbocycles. The predicted molar refractivity (Wildman–Crippen MR) is 68.6 cm³/mol. The van der Waals surface area contributed by atoms with Crippen LogP contribution in [0.15, 0.2) is 30.3 Å². The van der Waals surface area contributed by atoms with Crippen molar-refractivity contribution in [3.8, 4) is 23.3 Å². The average Bonchev–Trinajstić information content (AvgIpc) is 2.42. The number of methoxy groups -OCH3 is 1. The van der Waals surface area contributed by atoms with E-state index in [4.69, 9.17) is 20.5 Å². The van der Waals surface area contributed by atoms with Gasteiger partial charge in [-0.15, -0.1) is 0 Å². The Labute approximate surface area is 114 Å². The minimum Gasteiger partial charge on any atom is -0.494 e. The Bertz CT molecular complexity index is 696. The first-order chi connectivity index (χ1) is 9.56. The van der Waals surface area contributed by atoms with Crippen LogP contribution in [0.5, 0.6) is 17.2 Å². The third-order valence-corrected chi connectivity index (χ3v) is 2.59. The van der Waals surface area contributed by atoms with Crippen LogP contribution in [0.4, 0.5) is 14.5 Å². The van der Waals surface area contributed by atoms with Gasteiger partial charge in [-0.3, -0.25) is 0 Å². The van der Waals surface area contributed by atoms with Crippen molar-refractivity contribution >= 4 is 5.69 Å². The lowest BCUT2D eigenvalue weighted by Crippen LogP contribution is -1.97. The van der Waals surface area contributed by atoms with Gasteiger partial charge in [0.05, 0.1) is 12.8 Å². The lowest BCUT2D eigenvalue weighted by Gasteiger charge is -2.11. The molecule has 0 spiro atoms. The molecule has 0 amide bonds. The molecule has 2 aromatic rings. The van der Waals surface area contributed by atoms with Gasteiger partial charge >= 0.3 is 0 Å². The number of hydrogen-bond donors (Lipinski definition) is 1. The van der Waals surface area contributed by atoms with E-state index in [1.807, 2.05) is 0 Å². The summed E-state index contributed by atoms with van der Waals surface area (Å²) >= 11 is 0. The van der Waals surface area contributed by atoms with Crippen LogP contribution in [0.3, 0.4) is 0 Å². The number of nitrogen functional groups attached to an aromatic ring is 1. The van der Waals surface area contributed by atoms with Crippen molar-refractivity contribution in [2.45, 2.75) is 0 Å². The Morgan fingerprint density at radius 1 is 1.10 bits per heavy atom. The van der Waals surface area contributed by atoms with E-state index in [0.29, 0.717) is 0 Å². The lowest BCUT2D eigenvalue weighted by atomic mass is 10.2. The number of benzene rings is 2. The number of nitrogens with zero attached hydrogens (tertiary/aromatic N) is 1. The summed E-state index contributed by atoms with van der Waals surface area (Å²) in [5.41, 5.74) is 5.35. The fourth-order valence-electron chi connectivity index (χ4n) is 1.62. The van der Waals surface area contributed by atoms with Gasteiger partial charge in [0.2, 0.25) is 0 Å². The topological polar surface area (TPSA) is 68.3 Å². The second-order valence-corrected chi connectivity index (χ2v) is 3.85. The van der Waals surface area contributed by atoms with E-state index >= 15 is 0 Å². The van der Waals surface area contributed by atoms with Crippen molar-refractivity contribution in [2.75, 3.05) is 12.8 Å². The molecule has 0 fully saturated rings. The smallest absolute Gasteiger partial charge is 0.168 e. The highest BCUT2D eigenvalue weighted by atomic mass is 19.1. The first-order valence-corrected chi connectivity index (χ1v) is 5.56. The summed E-state index contributed by atoms with van der Waals surface area (Å²) in [6.07, 6.45) is 0. The summed E-state index contributed by atoms with van der Waals surface area (Å²) in [6, 6.07) is 7.77. The molecular formula is C14H10F2N2O2. The summed E-state index contributed by atoms with van der Waals surface area (Å²) in [5.74, 6) is -1.56. The zero-order chi connectivity index (χ0) is 14.7. The summed E-state index contributed by atoms with van der Waals surface area (Å²) in [5, 5.41) is 8.88. The third kappa shape index (κ3) is 2.47. The van der Waals surface area contributed by atoms with Crippen LogP contribution < -0.4 is 15.2 Å². The fraction of sp³-hybridized carbons (Fsp3) is 0.0714. The molecule has 0 aliphatic heterocycles. The summed E-state index contributed by atoms with van der Waals surface area (Å²) < 4.78 is 37.4. The van der Waals surface area contributed by atoms with Gasteiger partial charge in [-0.05, 0) is 12.1 Å². The maximum absolute atomic E-state index is 13.8. The molecule has 6 heteroatoms. The number of hydrogen-bond acceptors (Lipinski definition) is 4. The van der Waals surface area contributed by atoms with Gasteiger partial charge in [-0.1, -0.05) is 6.07 Å². The number of anilines is 1. The van der Waals surface area contributed by atoms with E-state index in [1.54, 1.807) is 6.07 Å². The molecule has 0 unspecified atom stereocenters. The highest BCUT2D eigenvalue weighted by Gasteiger charge is 2.14. The number of halogens is 2. The van der Waals surface area contributed by atoms with Crippen LogP contribution >= 0.6 is 0 Å². The normalized spacial score (nSPS) is 9.90. The molecule has 2 N–H and O–H groups in total. The zero-order valence-electron chi connectivity index (χ0n) is 10.5. The molecule has 0 saturated heterocycles. The van der Waals surface area contributed by atoms with Gasteiger partial charge in [-0.25, -0.2) is 8.78 Å². The molecule has 0 aromatic heterocycles. The van der Waals surface area contributed by atoms with Crippen molar-refractivity contribution in [3.05, 3.63) is 47.5 Å². The highest BCUT2D eigenvalue weighted by Crippen LogP contribution is 2.34. The Morgan fingerprint density at radius 3 is 2.50 bits per heavy atom. The molecule has 2 rings (SSSR count). The van der Waals surface area contributed by atoms with Crippen molar-refractivity contribution in [1.82, 2.24) is 0 Å². The number of rotatable bonds is 3. The fourth-order valence-corrected chi connectivity index (χ4v) is 1.62. The molecule has 0 aliphatic rings. The number of nitriles is 1. The Balaban J connectivity index is 2.46. The second kappa shape index (κ2) is 5.45. The number of ether oxygens (including phenoxy) is 2.